The van der Waals surface area contributed by atoms with E-state index >= 15 is 0 Å². The zero-order valence-electron chi connectivity index (χ0n) is 11.9. The molecule has 0 amide bonds. The lowest BCUT2D eigenvalue weighted by Gasteiger charge is -2.25. The van der Waals surface area contributed by atoms with Crippen molar-refractivity contribution in [2.24, 2.45) is 5.41 Å². The van der Waals surface area contributed by atoms with Crippen molar-refractivity contribution in [1.29, 1.82) is 5.26 Å². The van der Waals surface area contributed by atoms with E-state index in [9.17, 15) is 10.1 Å². The molecule has 0 bridgehead atoms. The molecule has 1 aromatic rings. The first-order valence-electron chi connectivity index (χ1n) is 6.32. The van der Waals surface area contributed by atoms with Gasteiger partial charge in [-0.1, -0.05) is 25.4 Å². The molecule has 0 aliphatic carbocycles. The monoisotopic (exact) mass is 295 g/mol. The summed E-state index contributed by atoms with van der Waals surface area (Å²) < 4.78 is 0. The molecule has 0 radical (unpaired) electrons. The first-order chi connectivity index (χ1) is 9.26. The lowest BCUT2D eigenvalue weighted by Crippen LogP contribution is -2.23. The van der Waals surface area contributed by atoms with Crippen LogP contribution in [0.5, 0.6) is 0 Å². The number of aryl methyl sites for hydroxylation is 1. The maximum atomic E-state index is 10.8. The van der Waals surface area contributed by atoms with Gasteiger partial charge in [-0.05, 0) is 30.4 Å². The number of anilines is 1. The van der Waals surface area contributed by atoms with Crippen LogP contribution in [-0.4, -0.2) is 11.5 Å². The Balaban J connectivity index is 2.82. The van der Waals surface area contributed by atoms with Gasteiger partial charge in [0.1, 0.15) is 5.02 Å². The molecule has 0 heterocycles. The van der Waals surface area contributed by atoms with E-state index in [0.717, 1.165) is 17.7 Å². The van der Waals surface area contributed by atoms with E-state index in [1.165, 1.54) is 6.07 Å². The van der Waals surface area contributed by atoms with Gasteiger partial charge in [0.15, 0.2) is 0 Å². The largest absolute Gasteiger partial charge is 0.384 e. The van der Waals surface area contributed by atoms with Gasteiger partial charge in [0.25, 0.3) is 5.69 Å². The number of nitro benzene ring substituents is 1. The van der Waals surface area contributed by atoms with Gasteiger partial charge in [-0.15, -0.1) is 0 Å². The zero-order valence-corrected chi connectivity index (χ0v) is 12.6. The molecule has 0 unspecified atom stereocenters. The van der Waals surface area contributed by atoms with E-state index in [0.29, 0.717) is 13.0 Å². The first-order valence-corrected chi connectivity index (χ1v) is 6.70. The quantitative estimate of drug-likeness (QED) is 0.627. The van der Waals surface area contributed by atoms with Crippen LogP contribution in [0.4, 0.5) is 11.4 Å². The SMILES string of the molecule is Cc1cc([N+](=O)[O-])c(Cl)cc1NCC(C)(C)CCC#N. The minimum absolute atomic E-state index is 0.0313. The predicted molar refractivity (Wildman–Crippen MR) is 80.0 cm³/mol. The Labute approximate surface area is 123 Å². The predicted octanol–water partition coefficient (Wildman–Crippen LogP) is 4.30. The van der Waals surface area contributed by atoms with Crippen LogP contribution in [0.25, 0.3) is 0 Å². The number of hydrogen-bond acceptors (Lipinski definition) is 4. The standard InChI is InChI=1S/C14H18ClN3O2/c1-10-7-13(18(19)20)11(15)8-12(10)17-9-14(2,3)5-4-6-16/h7-8,17H,4-5,9H2,1-3H3. The number of nitrogens with zero attached hydrogens (tertiary/aromatic N) is 2. The minimum Gasteiger partial charge on any atom is -0.384 e. The molecule has 0 atom stereocenters. The van der Waals surface area contributed by atoms with Crippen LogP contribution < -0.4 is 5.32 Å². The Morgan fingerprint density at radius 2 is 2.15 bits per heavy atom. The molecule has 1 aromatic carbocycles. The van der Waals surface area contributed by atoms with E-state index in [-0.39, 0.29) is 16.1 Å². The maximum Gasteiger partial charge on any atom is 0.288 e. The number of nitro groups is 1. The van der Waals surface area contributed by atoms with Crippen molar-refractivity contribution in [3.8, 4) is 6.07 Å². The van der Waals surface area contributed by atoms with Crippen molar-refractivity contribution in [3.05, 3.63) is 32.8 Å². The van der Waals surface area contributed by atoms with Crippen molar-refractivity contribution in [2.45, 2.75) is 33.6 Å². The number of rotatable bonds is 6. The molecule has 0 spiro atoms. The molecular formula is C14H18ClN3O2. The minimum atomic E-state index is -0.490. The molecule has 0 aliphatic rings. The van der Waals surface area contributed by atoms with Crippen LogP contribution in [0.3, 0.4) is 0 Å². The summed E-state index contributed by atoms with van der Waals surface area (Å²) in [5.74, 6) is 0. The molecule has 1 N–H and O–H groups in total. The highest BCUT2D eigenvalue weighted by molar-refractivity contribution is 6.33. The highest BCUT2D eigenvalue weighted by Crippen LogP contribution is 2.31. The van der Waals surface area contributed by atoms with Crippen LogP contribution in [-0.2, 0) is 0 Å². The van der Waals surface area contributed by atoms with Gasteiger partial charge in [0.2, 0.25) is 0 Å². The Hall–Kier alpha value is -1.80. The summed E-state index contributed by atoms with van der Waals surface area (Å²) in [6.45, 7) is 6.61. The summed E-state index contributed by atoms with van der Waals surface area (Å²) >= 11 is 5.91. The maximum absolute atomic E-state index is 10.8. The third-order valence-corrected chi connectivity index (χ3v) is 3.46. The Morgan fingerprint density at radius 1 is 1.50 bits per heavy atom. The van der Waals surface area contributed by atoms with E-state index in [1.54, 1.807) is 13.0 Å². The summed E-state index contributed by atoms with van der Waals surface area (Å²) in [6, 6.07) is 5.18. The van der Waals surface area contributed by atoms with Crippen molar-refractivity contribution in [2.75, 3.05) is 11.9 Å². The lowest BCUT2D eigenvalue weighted by molar-refractivity contribution is -0.384. The van der Waals surface area contributed by atoms with Crippen LogP contribution in [0.2, 0.25) is 5.02 Å². The topological polar surface area (TPSA) is 79.0 Å². The van der Waals surface area contributed by atoms with Gasteiger partial charge in [-0.3, -0.25) is 10.1 Å². The van der Waals surface area contributed by atoms with Gasteiger partial charge in [0.05, 0.1) is 11.0 Å². The summed E-state index contributed by atoms with van der Waals surface area (Å²) in [5.41, 5.74) is 1.44. The Bertz CT molecular complexity index is 550. The summed E-state index contributed by atoms with van der Waals surface area (Å²) in [6.07, 6.45) is 1.30. The van der Waals surface area contributed by atoms with Gasteiger partial charge >= 0.3 is 0 Å². The molecular weight excluding hydrogens is 278 g/mol. The van der Waals surface area contributed by atoms with Gasteiger partial charge in [0, 0.05) is 24.7 Å². The van der Waals surface area contributed by atoms with E-state index in [4.69, 9.17) is 16.9 Å². The van der Waals surface area contributed by atoms with E-state index in [1.807, 2.05) is 0 Å². The van der Waals surface area contributed by atoms with Crippen molar-refractivity contribution < 1.29 is 4.92 Å². The third kappa shape index (κ3) is 4.39. The molecule has 5 nitrogen and oxygen atoms in total. The Morgan fingerprint density at radius 3 is 2.70 bits per heavy atom. The summed E-state index contributed by atoms with van der Waals surface area (Å²) in [4.78, 5) is 10.3. The van der Waals surface area contributed by atoms with Crippen LogP contribution in [0, 0.1) is 33.8 Å². The number of halogens is 1. The Kier molecular flexibility index (Phi) is 5.34. The smallest absolute Gasteiger partial charge is 0.288 e. The molecule has 6 heteroatoms. The van der Waals surface area contributed by atoms with Crippen molar-refractivity contribution in [1.82, 2.24) is 0 Å². The van der Waals surface area contributed by atoms with Gasteiger partial charge in [-0.25, -0.2) is 0 Å². The second kappa shape index (κ2) is 6.58. The number of hydrogen-bond donors (Lipinski definition) is 1. The fourth-order valence-electron chi connectivity index (χ4n) is 1.81. The van der Waals surface area contributed by atoms with Crippen LogP contribution in [0.1, 0.15) is 32.3 Å². The number of nitriles is 1. The molecule has 0 aromatic heterocycles. The molecule has 20 heavy (non-hydrogen) atoms. The molecule has 108 valence electrons. The average molecular weight is 296 g/mol. The highest BCUT2D eigenvalue weighted by atomic mass is 35.5. The zero-order chi connectivity index (χ0) is 15.3. The molecule has 1 rings (SSSR count). The van der Waals surface area contributed by atoms with Crippen molar-refractivity contribution in [3.63, 3.8) is 0 Å². The fourth-order valence-corrected chi connectivity index (χ4v) is 2.05. The van der Waals surface area contributed by atoms with Gasteiger partial charge in [-0.2, -0.15) is 5.26 Å². The lowest BCUT2D eigenvalue weighted by atomic mass is 9.88. The summed E-state index contributed by atoms with van der Waals surface area (Å²) in [7, 11) is 0. The normalized spacial score (nSPS) is 10.9. The number of benzene rings is 1. The molecule has 0 saturated heterocycles. The van der Waals surface area contributed by atoms with Crippen molar-refractivity contribution >= 4 is 23.0 Å². The average Bonchev–Trinajstić information content (AvgIpc) is 2.36. The van der Waals surface area contributed by atoms with Crippen LogP contribution in [0.15, 0.2) is 12.1 Å². The van der Waals surface area contributed by atoms with Crippen LogP contribution >= 0.6 is 11.6 Å². The third-order valence-electron chi connectivity index (χ3n) is 3.16. The van der Waals surface area contributed by atoms with E-state index < -0.39 is 4.92 Å². The molecule has 0 aliphatic heterocycles. The first kappa shape index (κ1) is 16.3. The second-order valence-electron chi connectivity index (χ2n) is 5.55. The second-order valence-corrected chi connectivity index (χ2v) is 5.96. The molecule has 0 saturated carbocycles. The fraction of sp³-hybridized carbons (Fsp3) is 0.500. The van der Waals surface area contributed by atoms with Gasteiger partial charge < -0.3 is 5.32 Å². The van der Waals surface area contributed by atoms with E-state index in [2.05, 4.69) is 25.2 Å². The number of nitrogens with one attached hydrogen (secondary N) is 1. The summed E-state index contributed by atoms with van der Waals surface area (Å²) in [5, 5.41) is 22.8. The highest BCUT2D eigenvalue weighted by Gasteiger charge is 2.19. The molecule has 0 fully saturated rings.